The number of nitrogens with two attached hydrogens (primary N) is 1. The van der Waals surface area contributed by atoms with Crippen molar-refractivity contribution in [2.75, 3.05) is 5.73 Å². The lowest BCUT2D eigenvalue weighted by atomic mass is 10.1. The summed E-state index contributed by atoms with van der Waals surface area (Å²) in [7, 11) is 0. The first kappa shape index (κ1) is 12.7. The highest BCUT2D eigenvalue weighted by atomic mass is 16.6. The van der Waals surface area contributed by atoms with E-state index in [0.717, 1.165) is 5.56 Å². The van der Waals surface area contributed by atoms with Crippen LogP contribution in [0, 0.1) is 17.0 Å². The molecule has 1 heterocycles. The quantitative estimate of drug-likeness (QED) is 0.684. The SMILES string of the molecule is Cc1nn(Cc2cccc(C3CC3)c2)c(N)c1[N+](=O)[O-]. The van der Waals surface area contributed by atoms with Gasteiger partial charge >= 0.3 is 5.69 Å². The van der Waals surface area contributed by atoms with Gasteiger partial charge in [0.1, 0.15) is 5.69 Å². The fourth-order valence-corrected chi connectivity index (χ4v) is 2.47. The summed E-state index contributed by atoms with van der Waals surface area (Å²) in [5.74, 6) is 0.797. The Morgan fingerprint density at radius 3 is 2.85 bits per heavy atom. The van der Waals surface area contributed by atoms with Gasteiger partial charge in [-0.25, -0.2) is 4.68 Å². The van der Waals surface area contributed by atoms with Crippen LogP contribution in [-0.4, -0.2) is 14.7 Å². The Morgan fingerprint density at radius 1 is 1.50 bits per heavy atom. The number of aromatic nitrogens is 2. The number of benzene rings is 1. The molecule has 6 heteroatoms. The van der Waals surface area contributed by atoms with Gasteiger partial charge in [0.15, 0.2) is 0 Å². The lowest BCUT2D eigenvalue weighted by Gasteiger charge is -2.06. The second-order valence-electron chi connectivity index (χ2n) is 5.25. The van der Waals surface area contributed by atoms with E-state index in [2.05, 4.69) is 17.2 Å². The standard InChI is InChI=1S/C14H16N4O2/c1-9-13(18(19)20)14(15)17(16-9)8-10-3-2-4-12(7-10)11-5-6-11/h2-4,7,11H,5-6,8,15H2,1H3. The van der Waals surface area contributed by atoms with Crippen molar-refractivity contribution < 1.29 is 4.92 Å². The molecule has 1 aromatic heterocycles. The summed E-state index contributed by atoms with van der Waals surface area (Å²) < 4.78 is 1.50. The van der Waals surface area contributed by atoms with E-state index >= 15 is 0 Å². The molecule has 1 fully saturated rings. The summed E-state index contributed by atoms with van der Waals surface area (Å²) >= 11 is 0. The van der Waals surface area contributed by atoms with Crippen molar-refractivity contribution in [3.63, 3.8) is 0 Å². The van der Waals surface area contributed by atoms with Gasteiger partial charge in [0.2, 0.25) is 5.82 Å². The summed E-state index contributed by atoms with van der Waals surface area (Å²) in [4.78, 5) is 10.5. The molecule has 0 spiro atoms. The first-order chi connectivity index (χ1) is 9.56. The summed E-state index contributed by atoms with van der Waals surface area (Å²) in [5.41, 5.74) is 8.48. The van der Waals surface area contributed by atoms with E-state index in [9.17, 15) is 10.1 Å². The zero-order valence-corrected chi connectivity index (χ0v) is 11.2. The molecule has 6 nitrogen and oxygen atoms in total. The van der Waals surface area contributed by atoms with Crippen LogP contribution >= 0.6 is 0 Å². The third-order valence-corrected chi connectivity index (χ3v) is 3.65. The van der Waals surface area contributed by atoms with Crippen LogP contribution in [0.1, 0.15) is 35.6 Å². The Morgan fingerprint density at radius 2 is 2.25 bits per heavy atom. The van der Waals surface area contributed by atoms with E-state index in [1.165, 1.54) is 23.1 Å². The highest BCUT2D eigenvalue weighted by Gasteiger charge is 2.25. The second-order valence-corrected chi connectivity index (χ2v) is 5.25. The number of aryl methyl sites for hydroxylation is 1. The van der Waals surface area contributed by atoms with Crippen LogP contribution in [-0.2, 0) is 6.54 Å². The molecule has 1 saturated carbocycles. The van der Waals surface area contributed by atoms with Crippen molar-refractivity contribution in [3.8, 4) is 0 Å². The number of nitro groups is 1. The number of nitrogen functional groups attached to an aromatic ring is 1. The molecule has 1 aromatic carbocycles. The molecule has 0 amide bonds. The van der Waals surface area contributed by atoms with Crippen molar-refractivity contribution in [1.29, 1.82) is 0 Å². The lowest BCUT2D eigenvalue weighted by molar-refractivity contribution is -0.384. The van der Waals surface area contributed by atoms with E-state index < -0.39 is 4.92 Å². The molecule has 0 saturated heterocycles. The maximum absolute atomic E-state index is 10.9. The summed E-state index contributed by atoms with van der Waals surface area (Å²) in [6, 6.07) is 8.28. The Labute approximate surface area is 116 Å². The molecule has 2 aromatic rings. The van der Waals surface area contributed by atoms with Gasteiger partial charge in [-0.1, -0.05) is 24.3 Å². The van der Waals surface area contributed by atoms with Gasteiger partial charge in [-0.05, 0) is 36.8 Å². The van der Waals surface area contributed by atoms with Gasteiger partial charge in [-0.2, -0.15) is 5.10 Å². The Balaban J connectivity index is 1.89. The molecule has 0 radical (unpaired) electrons. The maximum atomic E-state index is 10.9. The second kappa shape index (κ2) is 4.63. The Bertz CT molecular complexity index is 674. The van der Waals surface area contributed by atoms with Crippen LogP contribution < -0.4 is 5.73 Å². The first-order valence-electron chi connectivity index (χ1n) is 6.62. The molecule has 104 valence electrons. The fourth-order valence-electron chi connectivity index (χ4n) is 2.47. The molecule has 3 rings (SSSR count). The number of rotatable bonds is 4. The Kier molecular flexibility index (Phi) is 2.93. The predicted octanol–water partition coefficient (Wildman–Crippen LogP) is 2.61. The third kappa shape index (κ3) is 2.24. The normalized spacial score (nSPS) is 14.4. The van der Waals surface area contributed by atoms with Crippen LogP contribution in [0.2, 0.25) is 0 Å². The average molecular weight is 272 g/mol. The van der Waals surface area contributed by atoms with Gasteiger partial charge in [0.05, 0.1) is 11.5 Å². The maximum Gasteiger partial charge on any atom is 0.333 e. The summed E-state index contributed by atoms with van der Waals surface area (Å²) in [6.07, 6.45) is 2.50. The van der Waals surface area contributed by atoms with Crippen molar-refractivity contribution in [3.05, 3.63) is 51.2 Å². The molecule has 0 aliphatic heterocycles. The van der Waals surface area contributed by atoms with Crippen LogP contribution in [0.5, 0.6) is 0 Å². The lowest BCUT2D eigenvalue weighted by Crippen LogP contribution is -2.07. The fraction of sp³-hybridized carbons (Fsp3) is 0.357. The highest BCUT2D eigenvalue weighted by molar-refractivity contribution is 5.56. The smallest absolute Gasteiger partial charge is 0.333 e. The van der Waals surface area contributed by atoms with E-state index in [4.69, 9.17) is 5.73 Å². The highest BCUT2D eigenvalue weighted by Crippen LogP contribution is 2.40. The topological polar surface area (TPSA) is 87.0 Å². The average Bonchev–Trinajstić information content (AvgIpc) is 3.18. The van der Waals surface area contributed by atoms with Crippen molar-refractivity contribution in [1.82, 2.24) is 9.78 Å². The molecule has 0 unspecified atom stereocenters. The van der Waals surface area contributed by atoms with Crippen LogP contribution in [0.4, 0.5) is 11.5 Å². The third-order valence-electron chi connectivity index (χ3n) is 3.65. The number of hydrogen-bond acceptors (Lipinski definition) is 4. The van der Waals surface area contributed by atoms with Crippen molar-refractivity contribution in [2.24, 2.45) is 0 Å². The molecular formula is C14H16N4O2. The van der Waals surface area contributed by atoms with Gasteiger partial charge in [0.25, 0.3) is 0 Å². The number of anilines is 1. The molecule has 0 bridgehead atoms. The van der Waals surface area contributed by atoms with E-state index in [-0.39, 0.29) is 11.5 Å². The minimum absolute atomic E-state index is 0.0941. The zero-order chi connectivity index (χ0) is 14.3. The largest absolute Gasteiger partial charge is 0.378 e. The summed E-state index contributed by atoms with van der Waals surface area (Å²) in [6.45, 7) is 2.06. The van der Waals surface area contributed by atoms with Crippen LogP contribution in [0.25, 0.3) is 0 Å². The molecule has 20 heavy (non-hydrogen) atoms. The molecule has 0 atom stereocenters. The van der Waals surface area contributed by atoms with Gasteiger partial charge in [-0.15, -0.1) is 0 Å². The first-order valence-corrected chi connectivity index (χ1v) is 6.62. The van der Waals surface area contributed by atoms with E-state index in [1.54, 1.807) is 6.92 Å². The van der Waals surface area contributed by atoms with Gasteiger partial charge < -0.3 is 5.73 Å². The molecular weight excluding hydrogens is 256 g/mol. The molecule has 2 N–H and O–H groups in total. The molecule has 1 aliphatic rings. The zero-order valence-electron chi connectivity index (χ0n) is 11.2. The Hall–Kier alpha value is -2.37. The minimum Gasteiger partial charge on any atom is -0.378 e. The van der Waals surface area contributed by atoms with Gasteiger partial charge in [0, 0.05) is 0 Å². The van der Waals surface area contributed by atoms with Crippen LogP contribution in [0.15, 0.2) is 24.3 Å². The van der Waals surface area contributed by atoms with Crippen LogP contribution in [0.3, 0.4) is 0 Å². The van der Waals surface area contributed by atoms with Crippen molar-refractivity contribution >= 4 is 11.5 Å². The predicted molar refractivity (Wildman–Crippen MR) is 75.5 cm³/mol. The minimum atomic E-state index is -0.477. The number of nitrogens with zero attached hydrogens (tertiary/aromatic N) is 3. The number of hydrogen-bond donors (Lipinski definition) is 1. The monoisotopic (exact) mass is 272 g/mol. The van der Waals surface area contributed by atoms with Gasteiger partial charge in [-0.3, -0.25) is 10.1 Å². The van der Waals surface area contributed by atoms with Crippen molar-refractivity contribution in [2.45, 2.75) is 32.2 Å². The van der Waals surface area contributed by atoms with E-state index in [1.807, 2.05) is 12.1 Å². The summed E-state index contributed by atoms with van der Waals surface area (Å²) in [5, 5.41) is 15.1. The van der Waals surface area contributed by atoms with E-state index in [0.29, 0.717) is 18.2 Å². The molecule has 1 aliphatic carbocycles.